The van der Waals surface area contributed by atoms with E-state index in [1.54, 1.807) is 18.2 Å². The van der Waals surface area contributed by atoms with Crippen molar-refractivity contribution in [1.82, 2.24) is 4.90 Å². The number of ketones is 1. The molecule has 10 nitrogen and oxygen atoms in total. The molecule has 36 heavy (non-hydrogen) atoms. The predicted octanol–water partition coefficient (Wildman–Crippen LogP) is 4.24. The summed E-state index contributed by atoms with van der Waals surface area (Å²) in [7, 11) is 1.50. The third kappa shape index (κ3) is 5.65. The summed E-state index contributed by atoms with van der Waals surface area (Å²) in [6.07, 6.45) is 0.480. The molecule has 0 bridgehead atoms. The van der Waals surface area contributed by atoms with Crippen molar-refractivity contribution >= 4 is 23.1 Å². The summed E-state index contributed by atoms with van der Waals surface area (Å²) in [4.78, 5) is 38.3. The van der Waals surface area contributed by atoms with Gasteiger partial charge in [-0.1, -0.05) is 18.2 Å². The Morgan fingerprint density at radius 2 is 1.92 bits per heavy atom. The minimum Gasteiger partial charge on any atom is -0.507 e. The minimum absolute atomic E-state index is 0.0143. The first kappa shape index (κ1) is 26.7. The van der Waals surface area contributed by atoms with E-state index in [9.17, 15) is 24.8 Å². The van der Waals surface area contributed by atoms with Crippen molar-refractivity contribution in [2.45, 2.75) is 39.3 Å². The van der Waals surface area contributed by atoms with E-state index in [4.69, 9.17) is 14.2 Å². The number of nitro groups is 1. The van der Waals surface area contributed by atoms with E-state index in [1.807, 2.05) is 20.8 Å². The van der Waals surface area contributed by atoms with Gasteiger partial charge >= 0.3 is 0 Å². The number of benzene rings is 2. The lowest BCUT2D eigenvalue weighted by atomic mass is 9.94. The monoisotopic (exact) mass is 498 g/mol. The van der Waals surface area contributed by atoms with E-state index in [0.717, 1.165) is 6.07 Å². The van der Waals surface area contributed by atoms with Crippen LogP contribution >= 0.6 is 0 Å². The molecule has 3 rings (SSSR count). The number of ether oxygens (including phenoxy) is 3. The maximum absolute atomic E-state index is 13.2. The zero-order valence-corrected chi connectivity index (χ0v) is 20.7. The molecular weight excluding hydrogens is 468 g/mol. The Morgan fingerprint density at radius 3 is 2.56 bits per heavy atom. The van der Waals surface area contributed by atoms with Crippen LogP contribution < -0.4 is 9.47 Å². The van der Waals surface area contributed by atoms with Gasteiger partial charge in [-0.05, 0) is 44.9 Å². The molecule has 10 heteroatoms. The van der Waals surface area contributed by atoms with E-state index in [1.165, 1.54) is 30.2 Å². The highest BCUT2D eigenvalue weighted by Crippen LogP contribution is 2.42. The van der Waals surface area contributed by atoms with Crippen LogP contribution in [-0.4, -0.2) is 59.6 Å². The average Bonchev–Trinajstić information content (AvgIpc) is 3.11. The molecule has 1 aliphatic heterocycles. The maximum atomic E-state index is 13.2. The highest BCUT2D eigenvalue weighted by molar-refractivity contribution is 6.46. The number of rotatable bonds is 11. The number of methoxy groups -OCH3 is 1. The van der Waals surface area contributed by atoms with Crippen molar-refractivity contribution in [2.75, 3.05) is 26.9 Å². The molecule has 0 spiro atoms. The van der Waals surface area contributed by atoms with Crippen LogP contribution in [0.4, 0.5) is 5.69 Å². The SMILES string of the molecule is CCOc1cc(C2/C(=C(\O)c3cccc([N+](=O)[O-])c3)C(=O)C(=O)N2CCCOC(C)C)ccc1OC. The number of nitro benzene ring substituents is 1. The third-order valence-electron chi connectivity index (χ3n) is 5.67. The number of likely N-dealkylation sites (tertiary alicyclic amines) is 1. The Balaban J connectivity index is 2.13. The smallest absolute Gasteiger partial charge is 0.295 e. The van der Waals surface area contributed by atoms with Crippen molar-refractivity contribution in [3.63, 3.8) is 0 Å². The summed E-state index contributed by atoms with van der Waals surface area (Å²) < 4.78 is 16.6. The van der Waals surface area contributed by atoms with Gasteiger partial charge in [-0.2, -0.15) is 0 Å². The number of aliphatic hydroxyl groups excluding tert-OH is 1. The fraction of sp³-hybridized carbons (Fsp3) is 0.385. The van der Waals surface area contributed by atoms with E-state index < -0.39 is 28.4 Å². The van der Waals surface area contributed by atoms with Crippen molar-refractivity contribution in [3.8, 4) is 11.5 Å². The predicted molar refractivity (Wildman–Crippen MR) is 132 cm³/mol. The molecule has 1 aliphatic rings. The molecule has 1 amide bonds. The minimum atomic E-state index is -0.937. The number of Topliss-reactive ketones (excluding diaryl/α,β-unsaturated/α-hetero) is 1. The standard InChI is InChI=1S/C26H30N2O8/c1-5-35-21-15-17(10-11-20(21)34-4)23-22(24(29)18-8-6-9-19(14-18)28(32)33)25(30)26(31)27(23)12-7-13-36-16(2)3/h6,8-11,14-16,23,29H,5,7,12-13H2,1-4H3/b24-22+. The topological polar surface area (TPSA) is 128 Å². The van der Waals surface area contributed by atoms with Gasteiger partial charge in [-0.3, -0.25) is 19.7 Å². The van der Waals surface area contributed by atoms with Crippen LogP contribution in [0.5, 0.6) is 11.5 Å². The number of amides is 1. The Bertz CT molecular complexity index is 1170. The Hall–Kier alpha value is -3.92. The second kappa shape index (κ2) is 11.7. The van der Waals surface area contributed by atoms with Gasteiger partial charge in [-0.15, -0.1) is 0 Å². The Morgan fingerprint density at radius 1 is 1.17 bits per heavy atom. The molecule has 1 fully saturated rings. The van der Waals surface area contributed by atoms with Gasteiger partial charge in [0.1, 0.15) is 5.76 Å². The molecule has 1 N–H and O–H groups in total. The number of aliphatic hydroxyl groups is 1. The first-order valence-electron chi connectivity index (χ1n) is 11.6. The second-order valence-corrected chi connectivity index (χ2v) is 8.42. The van der Waals surface area contributed by atoms with Crippen LogP contribution in [0.1, 0.15) is 44.4 Å². The molecular formula is C26H30N2O8. The lowest BCUT2D eigenvalue weighted by Gasteiger charge is -2.26. The van der Waals surface area contributed by atoms with Gasteiger partial charge in [0.05, 0.1) is 36.4 Å². The molecule has 0 aromatic heterocycles. The zero-order valence-electron chi connectivity index (χ0n) is 20.7. The van der Waals surface area contributed by atoms with E-state index in [-0.39, 0.29) is 29.5 Å². The molecule has 1 heterocycles. The lowest BCUT2D eigenvalue weighted by Crippen LogP contribution is -2.31. The molecule has 2 aromatic rings. The van der Waals surface area contributed by atoms with Crippen LogP contribution in [0, 0.1) is 10.1 Å². The second-order valence-electron chi connectivity index (χ2n) is 8.42. The number of non-ortho nitro benzene ring substituents is 1. The molecule has 1 saturated heterocycles. The van der Waals surface area contributed by atoms with Gasteiger partial charge in [0.15, 0.2) is 11.5 Å². The first-order chi connectivity index (χ1) is 17.2. The quantitative estimate of drug-likeness (QED) is 0.122. The van der Waals surface area contributed by atoms with Crippen molar-refractivity contribution in [3.05, 3.63) is 69.3 Å². The van der Waals surface area contributed by atoms with Gasteiger partial charge < -0.3 is 24.2 Å². The molecule has 1 atom stereocenters. The Labute approximate surface area is 209 Å². The number of nitrogens with zero attached hydrogens (tertiary/aromatic N) is 2. The summed E-state index contributed by atoms with van der Waals surface area (Å²) in [5.41, 5.74) is 0.181. The summed E-state index contributed by atoms with van der Waals surface area (Å²) in [5.74, 6) is -1.24. The molecule has 0 aliphatic carbocycles. The van der Waals surface area contributed by atoms with Gasteiger partial charge in [0, 0.05) is 30.8 Å². The van der Waals surface area contributed by atoms with Crippen molar-refractivity contribution in [2.24, 2.45) is 0 Å². The van der Waals surface area contributed by atoms with Gasteiger partial charge in [0.2, 0.25) is 0 Å². The van der Waals surface area contributed by atoms with Crippen LogP contribution in [-0.2, 0) is 14.3 Å². The molecule has 0 saturated carbocycles. The molecule has 0 radical (unpaired) electrons. The number of hydrogen-bond donors (Lipinski definition) is 1. The lowest BCUT2D eigenvalue weighted by molar-refractivity contribution is -0.384. The molecule has 192 valence electrons. The summed E-state index contributed by atoms with van der Waals surface area (Å²) >= 11 is 0. The van der Waals surface area contributed by atoms with Crippen LogP contribution in [0.3, 0.4) is 0 Å². The Kier molecular flexibility index (Phi) is 8.65. The highest BCUT2D eigenvalue weighted by atomic mass is 16.6. The number of carbonyl (C=O) groups is 2. The van der Waals surface area contributed by atoms with E-state index in [2.05, 4.69) is 0 Å². The summed E-state index contributed by atoms with van der Waals surface area (Å²) in [6.45, 7) is 6.56. The van der Waals surface area contributed by atoms with Crippen molar-refractivity contribution in [1.29, 1.82) is 0 Å². The first-order valence-corrected chi connectivity index (χ1v) is 11.6. The maximum Gasteiger partial charge on any atom is 0.295 e. The van der Waals surface area contributed by atoms with Crippen LogP contribution in [0.15, 0.2) is 48.0 Å². The van der Waals surface area contributed by atoms with Crippen molar-refractivity contribution < 1.29 is 33.8 Å². The summed E-state index contributed by atoms with van der Waals surface area (Å²) in [6, 6.07) is 9.37. The third-order valence-corrected chi connectivity index (χ3v) is 5.67. The van der Waals surface area contributed by atoms with Crippen LogP contribution in [0.2, 0.25) is 0 Å². The molecule has 1 unspecified atom stereocenters. The number of hydrogen-bond acceptors (Lipinski definition) is 8. The van der Waals surface area contributed by atoms with Crippen LogP contribution in [0.25, 0.3) is 5.76 Å². The van der Waals surface area contributed by atoms with Gasteiger partial charge in [0.25, 0.3) is 17.4 Å². The molecule has 2 aromatic carbocycles. The largest absolute Gasteiger partial charge is 0.507 e. The van der Waals surface area contributed by atoms with Gasteiger partial charge in [-0.25, -0.2) is 0 Å². The number of carbonyl (C=O) groups excluding carboxylic acids is 2. The highest BCUT2D eigenvalue weighted by Gasteiger charge is 2.46. The summed E-state index contributed by atoms with van der Waals surface area (Å²) in [5, 5.41) is 22.4. The van der Waals surface area contributed by atoms with E-state index in [0.29, 0.717) is 36.7 Å². The normalized spacial score (nSPS) is 17.0. The van der Waals surface area contributed by atoms with E-state index >= 15 is 0 Å². The average molecular weight is 499 g/mol. The fourth-order valence-corrected chi connectivity index (χ4v) is 4.07. The fourth-order valence-electron chi connectivity index (χ4n) is 4.07. The zero-order chi connectivity index (χ0) is 26.4.